The molecule has 44 heavy (non-hydrogen) atoms. The number of carbonyl (C=O) groups is 2. The van der Waals surface area contributed by atoms with E-state index in [4.69, 9.17) is 28.4 Å². The van der Waals surface area contributed by atoms with Crippen LogP contribution in [0.5, 0.6) is 46.0 Å². The fourth-order valence-corrected chi connectivity index (χ4v) is 5.93. The molecule has 0 unspecified atom stereocenters. The second-order valence-corrected chi connectivity index (χ2v) is 10.4. The first-order valence-electron chi connectivity index (χ1n) is 13.8. The first kappa shape index (κ1) is 28.7. The first-order valence-corrected chi connectivity index (χ1v) is 13.8. The molecule has 2 aliphatic rings. The number of ether oxygens (including phenoxy) is 6. The van der Waals surface area contributed by atoms with Gasteiger partial charge in [-0.3, -0.25) is 9.59 Å². The molecule has 226 valence electrons. The fourth-order valence-electron chi connectivity index (χ4n) is 5.93. The summed E-state index contributed by atoms with van der Waals surface area (Å²) in [6, 6.07) is 19.5. The van der Waals surface area contributed by atoms with Crippen molar-refractivity contribution in [3.05, 3.63) is 95.1 Å². The second-order valence-electron chi connectivity index (χ2n) is 10.4. The van der Waals surface area contributed by atoms with Gasteiger partial charge in [0.1, 0.15) is 57.1 Å². The van der Waals surface area contributed by atoms with Crippen molar-refractivity contribution in [2.45, 2.75) is 24.0 Å². The summed E-state index contributed by atoms with van der Waals surface area (Å²) < 4.78 is 34.4. The maximum atomic E-state index is 14.3. The zero-order valence-corrected chi connectivity index (χ0v) is 24.4. The van der Waals surface area contributed by atoms with Gasteiger partial charge in [-0.25, -0.2) is 0 Å². The summed E-state index contributed by atoms with van der Waals surface area (Å²) in [5.74, 6) is -1.56. The summed E-state index contributed by atoms with van der Waals surface area (Å²) in [6.45, 7) is 0. The molecule has 4 aromatic rings. The maximum absolute atomic E-state index is 14.3. The van der Waals surface area contributed by atoms with Gasteiger partial charge in [-0.15, -0.1) is 0 Å². The zero-order valence-electron chi connectivity index (χ0n) is 24.4. The number of Topliss-reactive ketones (excluding diaryl/α,β-unsaturated/α-hetero) is 2. The second kappa shape index (κ2) is 11.4. The number of methoxy groups -OCH3 is 4. The van der Waals surface area contributed by atoms with Crippen molar-refractivity contribution in [1.29, 1.82) is 0 Å². The number of benzene rings is 4. The minimum Gasteiger partial charge on any atom is -0.507 e. The molecule has 10 heteroatoms. The molecule has 2 N–H and O–H groups in total. The highest BCUT2D eigenvalue weighted by molar-refractivity contribution is 6.09. The highest BCUT2D eigenvalue weighted by Gasteiger charge is 2.52. The molecule has 0 saturated carbocycles. The number of rotatable bonds is 7. The lowest BCUT2D eigenvalue weighted by atomic mass is 9.74. The molecule has 0 radical (unpaired) electrons. The van der Waals surface area contributed by atoms with Crippen LogP contribution in [0.2, 0.25) is 0 Å². The Morgan fingerprint density at radius 1 is 0.523 bits per heavy atom. The minimum absolute atomic E-state index is 0.00860. The fraction of sp³-hybridized carbons (Fsp3) is 0.235. The highest BCUT2D eigenvalue weighted by Crippen LogP contribution is 2.50. The van der Waals surface area contributed by atoms with E-state index < -0.39 is 35.6 Å². The van der Waals surface area contributed by atoms with Crippen molar-refractivity contribution < 1.29 is 48.2 Å². The van der Waals surface area contributed by atoms with Crippen molar-refractivity contribution in [2.24, 2.45) is 0 Å². The van der Waals surface area contributed by atoms with Crippen LogP contribution in [-0.4, -0.2) is 62.4 Å². The first-order chi connectivity index (χ1) is 21.3. The Bertz CT molecular complexity index is 1600. The Kier molecular flexibility index (Phi) is 7.42. The van der Waals surface area contributed by atoms with E-state index in [9.17, 15) is 19.8 Å². The van der Waals surface area contributed by atoms with Gasteiger partial charge < -0.3 is 38.6 Å². The van der Waals surface area contributed by atoms with Crippen LogP contribution >= 0.6 is 0 Å². The van der Waals surface area contributed by atoms with Crippen molar-refractivity contribution >= 4 is 11.6 Å². The normalized spacial score (nSPS) is 20.5. The van der Waals surface area contributed by atoms with Gasteiger partial charge in [-0.05, 0) is 35.4 Å². The summed E-state index contributed by atoms with van der Waals surface area (Å²) in [6.07, 6.45) is -2.15. The zero-order chi connectivity index (χ0) is 31.1. The van der Waals surface area contributed by atoms with Crippen molar-refractivity contribution in [3.8, 4) is 46.0 Å². The smallest absolute Gasteiger partial charge is 0.181 e. The SMILES string of the molecule is COc1ccc([C@@H]2C(=O)c3c(O)cc(OC)cc3O[C@H]2[C@@H]2Oc3cc(OC)cc(O)c3C(=O)[C@H]2c2ccc(OC)cc2)cc1. The summed E-state index contributed by atoms with van der Waals surface area (Å²) in [5, 5.41) is 21.8. The summed E-state index contributed by atoms with van der Waals surface area (Å²) >= 11 is 0. The van der Waals surface area contributed by atoms with Crippen molar-refractivity contribution in [1.82, 2.24) is 0 Å². The van der Waals surface area contributed by atoms with Crippen LogP contribution in [0.4, 0.5) is 0 Å². The van der Waals surface area contributed by atoms with Crippen LogP contribution in [-0.2, 0) is 0 Å². The molecule has 10 nitrogen and oxygen atoms in total. The Morgan fingerprint density at radius 3 is 1.18 bits per heavy atom. The van der Waals surface area contributed by atoms with E-state index in [1.165, 1.54) is 52.7 Å². The van der Waals surface area contributed by atoms with Crippen LogP contribution in [0.25, 0.3) is 0 Å². The number of carbonyl (C=O) groups excluding carboxylic acids is 2. The molecule has 4 aromatic carbocycles. The summed E-state index contributed by atoms with van der Waals surface area (Å²) in [4.78, 5) is 28.6. The van der Waals surface area contributed by atoms with Crippen LogP contribution in [0, 0.1) is 0 Å². The topological polar surface area (TPSA) is 130 Å². The molecule has 0 fully saturated rings. The Balaban J connectivity index is 1.56. The van der Waals surface area contributed by atoms with Gasteiger partial charge in [-0.1, -0.05) is 24.3 Å². The third-order valence-electron chi connectivity index (χ3n) is 8.10. The van der Waals surface area contributed by atoms with Crippen molar-refractivity contribution in [3.63, 3.8) is 0 Å². The molecule has 0 aromatic heterocycles. The van der Waals surface area contributed by atoms with E-state index in [-0.39, 0.29) is 45.6 Å². The van der Waals surface area contributed by atoms with Gasteiger partial charge in [0.25, 0.3) is 0 Å². The van der Waals surface area contributed by atoms with Crippen LogP contribution in [0.15, 0.2) is 72.8 Å². The average molecular weight is 599 g/mol. The lowest BCUT2D eigenvalue weighted by Gasteiger charge is -2.42. The lowest BCUT2D eigenvalue weighted by molar-refractivity contribution is 0.00727. The average Bonchev–Trinajstić information content (AvgIpc) is 3.04. The van der Waals surface area contributed by atoms with Gasteiger partial charge in [0.05, 0.1) is 40.3 Å². The minimum atomic E-state index is -1.08. The molecule has 6 rings (SSSR count). The molecule has 2 heterocycles. The number of phenols is 2. The number of hydrogen-bond donors (Lipinski definition) is 2. The van der Waals surface area contributed by atoms with E-state index >= 15 is 0 Å². The summed E-state index contributed by atoms with van der Waals surface area (Å²) in [5.41, 5.74) is 1.10. The number of hydrogen-bond acceptors (Lipinski definition) is 10. The molecule has 4 atom stereocenters. The van der Waals surface area contributed by atoms with Crippen LogP contribution in [0.1, 0.15) is 43.7 Å². The van der Waals surface area contributed by atoms with Gasteiger partial charge in [0.2, 0.25) is 0 Å². The monoisotopic (exact) mass is 598 g/mol. The van der Waals surface area contributed by atoms with Crippen molar-refractivity contribution in [2.75, 3.05) is 28.4 Å². The quantitative estimate of drug-likeness (QED) is 0.290. The third kappa shape index (κ3) is 4.78. The van der Waals surface area contributed by atoms with Gasteiger partial charge in [-0.2, -0.15) is 0 Å². The molecule has 0 spiro atoms. The predicted octanol–water partition coefficient (Wildman–Crippen LogP) is 5.29. The maximum Gasteiger partial charge on any atom is 0.181 e. The molecule has 0 saturated heterocycles. The Labute approximate surface area is 253 Å². The predicted molar refractivity (Wildman–Crippen MR) is 158 cm³/mol. The standard InChI is InChI=1S/C34H30O10/c1-39-19-9-5-17(6-10-19)27-31(37)29-23(35)13-21(41-3)15-25(29)43-33(27)34-28(18-7-11-20(40-2)12-8-18)32(38)30-24(36)14-22(42-4)16-26(30)44-34/h5-16,27-28,33-36H,1-4H3/t27-,28-,33-,34-/m1/s1. The molecular formula is C34H30O10. The lowest BCUT2D eigenvalue weighted by Crippen LogP contribution is -2.52. The molecule has 0 amide bonds. The molecule has 2 aliphatic heterocycles. The van der Waals surface area contributed by atoms with Crippen LogP contribution < -0.4 is 28.4 Å². The molecule has 0 aliphatic carbocycles. The highest BCUT2D eigenvalue weighted by atomic mass is 16.6. The van der Waals surface area contributed by atoms with E-state index in [0.717, 1.165) is 0 Å². The number of fused-ring (bicyclic) bond motifs is 2. The largest absolute Gasteiger partial charge is 0.507 e. The number of phenolic OH excluding ortho intramolecular Hbond substituents is 2. The molecule has 0 bridgehead atoms. The van der Waals surface area contributed by atoms with E-state index in [0.29, 0.717) is 22.6 Å². The Hall–Kier alpha value is -5.38. The van der Waals surface area contributed by atoms with E-state index in [1.54, 1.807) is 48.5 Å². The van der Waals surface area contributed by atoms with E-state index in [2.05, 4.69) is 0 Å². The Morgan fingerprint density at radius 2 is 0.864 bits per heavy atom. The van der Waals surface area contributed by atoms with E-state index in [1.807, 2.05) is 0 Å². The van der Waals surface area contributed by atoms with Gasteiger partial charge in [0.15, 0.2) is 23.8 Å². The summed E-state index contributed by atoms with van der Waals surface area (Å²) in [7, 11) is 5.94. The third-order valence-corrected chi connectivity index (χ3v) is 8.10. The number of ketones is 2. The number of aromatic hydroxyl groups is 2. The molecular weight excluding hydrogens is 568 g/mol. The van der Waals surface area contributed by atoms with Crippen LogP contribution in [0.3, 0.4) is 0 Å². The van der Waals surface area contributed by atoms with Gasteiger partial charge >= 0.3 is 0 Å². The van der Waals surface area contributed by atoms with Gasteiger partial charge in [0, 0.05) is 24.3 Å².